The maximum absolute atomic E-state index is 14.5. The Bertz CT molecular complexity index is 2010. The fourth-order valence-electron chi connectivity index (χ4n) is 6.31. The molecule has 0 fully saturated rings. The molecule has 3 heterocycles. The van der Waals surface area contributed by atoms with Crippen molar-refractivity contribution in [2.75, 3.05) is 10.6 Å². The number of nitrogens with zero attached hydrogens (tertiary/aromatic N) is 2. The van der Waals surface area contributed by atoms with Gasteiger partial charge in [0, 0.05) is 38.0 Å². The second-order valence-corrected chi connectivity index (χ2v) is 11.1. The van der Waals surface area contributed by atoms with Crippen LogP contribution in [0, 0.1) is 0 Å². The van der Waals surface area contributed by atoms with Gasteiger partial charge in [-0.1, -0.05) is 88.7 Å². The van der Waals surface area contributed by atoms with Gasteiger partial charge in [-0.25, -0.2) is 4.68 Å². The maximum Gasteiger partial charge on any atom is 0.244 e. The number of benzene rings is 4. The summed E-state index contributed by atoms with van der Waals surface area (Å²) in [5, 5.41) is 11.4. The average Bonchev–Trinajstić information content (AvgIpc) is 3.53. The van der Waals surface area contributed by atoms with Gasteiger partial charge in [0.15, 0.2) is 5.78 Å². The van der Waals surface area contributed by atoms with Gasteiger partial charge < -0.3 is 10.6 Å². The van der Waals surface area contributed by atoms with E-state index in [9.17, 15) is 14.4 Å². The molecule has 1 atom stereocenters. The second kappa shape index (κ2) is 8.46. The lowest BCUT2D eigenvalue weighted by molar-refractivity contribution is -0.118. The molecule has 1 aromatic heterocycles. The highest BCUT2D eigenvalue weighted by Crippen LogP contribution is 2.57. The van der Waals surface area contributed by atoms with E-state index in [0.29, 0.717) is 33.9 Å². The van der Waals surface area contributed by atoms with Gasteiger partial charge >= 0.3 is 0 Å². The van der Waals surface area contributed by atoms with E-state index in [4.69, 9.17) is 5.10 Å². The molecule has 0 radical (unpaired) electrons. The van der Waals surface area contributed by atoms with Gasteiger partial charge in [-0.05, 0) is 30.3 Å². The third-order valence-electron chi connectivity index (χ3n) is 8.04. The number of anilines is 2. The number of carbonyl (C=O) groups excluding carboxylic acids is 3. The highest BCUT2D eigenvalue weighted by Gasteiger charge is 2.61. The predicted molar refractivity (Wildman–Crippen MR) is 158 cm³/mol. The SMILES string of the molecule is O=C1C2=C(C(=O)c3ccccc31)C1(C(=O)Nc3ccccc31)c1c(-c3ccccc3)nn(-c3ccc(Br)cc3)c1N2. The molecule has 41 heavy (non-hydrogen) atoms. The molecule has 1 aliphatic carbocycles. The lowest BCUT2D eigenvalue weighted by atomic mass is 9.63. The Labute approximate surface area is 242 Å². The van der Waals surface area contributed by atoms with Crippen LogP contribution in [0.5, 0.6) is 0 Å². The van der Waals surface area contributed by atoms with Crippen LogP contribution < -0.4 is 10.6 Å². The lowest BCUT2D eigenvalue weighted by Crippen LogP contribution is -2.47. The molecule has 1 unspecified atom stereocenters. The van der Waals surface area contributed by atoms with Crippen LogP contribution in [-0.2, 0) is 10.2 Å². The molecule has 7 nitrogen and oxygen atoms in total. The van der Waals surface area contributed by atoms with Crippen LogP contribution in [0.3, 0.4) is 0 Å². The molecule has 196 valence electrons. The minimum Gasteiger partial charge on any atom is -0.336 e. The van der Waals surface area contributed by atoms with Crippen molar-refractivity contribution in [2.24, 2.45) is 0 Å². The summed E-state index contributed by atoms with van der Waals surface area (Å²) in [6.07, 6.45) is 0. The Morgan fingerprint density at radius 2 is 1.37 bits per heavy atom. The van der Waals surface area contributed by atoms with Crippen molar-refractivity contribution in [3.8, 4) is 16.9 Å². The molecule has 5 aromatic rings. The summed E-state index contributed by atoms with van der Waals surface area (Å²) in [5.74, 6) is -0.655. The van der Waals surface area contributed by atoms with Gasteiger partial charge in [0.25, 0.3) is 0 Å². The minimum absolute atomic E-state index is 0.0888. The Balaban J connectivity index is 1.54. The summed E-state index contributed by atoms with van der Waals surface area (Å²) >= 11 is 3.50. The van der Waals surface area contributed by atoms with E-state index in [-0.39, 0.29) is 28.4 Å². The molecule has 0 saturated heterocycles. The number of fused-ring (bicyclic) bond motifs is 6. The van der Waals surface area contributed by atoms with E-state index in [1.165, 1.54) is 0 Å². The molecule has 8 heteroatoms. The molecule has 2 N–H and O–H groups in total. The first-order chi connectivity index (χ1) is 20.0. The number of Topliss-reactive ketones (excluding diaryl/α,β-unsaturated/α-hetero) is 2. The highest BCUT2D eigenvalue weighted by atomic mass is 79.9. The van der Waals surface area contributed by atoms with Gasteiger partial charge in [0.2, 0.25) is 11.7 Å². The number of amides is 1. The van der Waals surface area contributed by atoms with Crippen molar-refractivity contribution in [3.05, 3.63) is 141 Å². The molecular weight excluding hydrogens is 580 g/mol. The zero-order valence-corrected chi connectivity index (χ0v) is 22.9. The number of nitrogens with one attached hydrogen (secondary N) is 2. The molecule has 0 bridgehead atoms. The number of hydrogen-bond acceptors (Lipinski definition) is 5. The summed E-state index contributed by atoms with van der Waals surface area (Å²) in [6.45, 7) is 0. The summed E-state index contributed by atoms with van der Waals surface area (Å²) in [7, 11) is 0. The number of allylic oxidation sites excluding steroid dienone is 1. The number of aromatic nitrogens is 2. The summed E-state index contributed by atoms with van der Waals surface area (Å²) in [4.78, 5) is 43.0. The van der Waals surface area contributed by atoms with Gasteiger partial charge in [-0.2, -0.15) is 5.10 Å². The summed E-state index contributed by atoms with van der Waals surface area (Å²) in [6, 6.07) is 31.3. The highest BCUT2D eigenvalue weighted by molar-refractivity contribution is 9.10. The number of halogens is 1. The van der Waals surface area contributed by atoms with Crippen molar-refractivity contribution in [2.45, 2.75) is 5.41 Å². The molecule has 8 rings (SSSR count). The van der Waals surface area contributed by atoms with Crippen LogP contribution in [0.4, 0.5) is 11.5 Å². The van der Waals surface area contributed by atoms with Crippen molar-refractivity contribution in [1.29, 1.82) is 0 Å². The third kappa shape index (κ3) is 3.08. The fourth-order valence-corrected chi connectivity index (χ4v) is 6.57. The molecule has 1 spiro atoms. The smallest absolute Gasteiger partial charge is 0.244 e. The Morgan fingerprint density at radius 3 is 2.12 bits per heavy atom. The van der Waals surface area contributed by atoms with Crippen LogP contribution in [0.25, 0.3) is 16.9 Å². The normalized spacial score (nSPS) is 18.4. The average molecular weight is 599 g/mol. The zero-order valence-electron chi connectivity index (χ0n) is 21.3. The van der Waals surface area contributed by atoms with Crippen LogP contribution in [0.1, 0.15) is 31.8 Å². The summed E-state index contributed by atoms with van der Waals surface area (Å²) in [5.41, 5.74) is 2.91. The van der Waals surface area contributed by atoms with Gasteiger partial charge in [-0.3, -0.25) is 14.4 Å². The van der Waals surface area contributed by atoms with E-state index in [1.807, 2.05) is 78.9 Å². The van der Waals surface area contributed by atoms with Gasteiger partial charge in [0.05, 0.1) is 22.7 Å². The lowest BCUT2D eigenvalue weighted by Gasteiger charge is -2.38. The van der Waals surface area contributed by atoms with Crippen LogP contribution in [0.15, 0.2) is 119 Å². The van der Waals surface area contributed by atoms with Crippen molar-refractivity contribution >= 4 is 44.9 Å². The largest absolute Gasteiger partial charge is 0.336 e. The van der Waals surface area contributed by atoms with E-state index in [0.717, 1.165) is 15.7 Å². The third-order valence-corrected chi connectivity index (χ3v) is 8.57. The molecule has 1 amide bonds. The Kier molecular flexibility index (Phi) is 4.91. The number of rotatable bonds is 2. The quantitative estimate of drug-likeness (QED) is 0.249. The van der Waals surface area contributed by atoms with E-state index in [2.05, 4.69) is 26.6 Å². The minimum atomic E-state index is -1.62. The predicted octanol–water partition coefficient (Wildman–Crippen LogP) is 6.30. The van der Waals surface area contributed by atoms with E-state index < -0.39 is 11.3 Å². The zero-order chi connectivity index (χ0) is 27.9. The molecule has 0 saturated carbocycles. The van der Waals surface area contributed by atoms with Crippen molar-refractivity contribution < 1.29 is 14.4 Å². The van der Waals surface area contributed by atoms with Gasteiger partial charge in [-0.15, -0.1) is 0 Å². The first kappa shape index (κ1) is 23.8. The first-order valence-electron chi connectivity index (χ1n) is 13.1. The number of ketones is 2. The monoisotopic (exact) mass is 598 g/mol. The molecule has 3 aliphatic rings. The standard InChI is InChI=1S/C33H19BrN4O3/c34-19-14-16-20(17-15-19)38-31-26(27(37-38)18-8-2-1-3-9-18)33(23-12-6-7-13-24(23)35-32(33)41)25-28(36-31)30(40)22-11-5-4-10-21(22)29(25)39/h1-17,36H,(H,35,41). The first-order valence-corrected chi connectivity index (χ1v) is 13.9. The Morgan fingerprint density at radius 1 is 0.707 bits per heavy atom. The maximum atomic E-state index is 14.5. The Hall–Kier alpha value is -5.08. The summed E-state index contributed by atoms with van der Waals surface area (Å²) < 4.78 is 2.61. The number of carbonyl (C=O) groups is 3. The van der Waals surface area contributed by atoms with E-state index in [1.54, 1.807) is 28.9 Å². The van der Waals surface area contributed by atoms with Crippen molar-refractivity contribution in [3.63, 3.8) is 0 Å². The van der Waals surface area contributed by atoms with Crippen molar-refractivity contribution in [1.82, 2.24) is 9.78 Å². The van der Waals surface area contributed by atoms with Crippen LogP contribution in [-0.4, -0.2) is 27.3 Å². The number of hydrogen-bond donors (Lipinski definition) is 2. The fraction of sp³-hybridized carbons (Fsp3) is 0.0303. The second-order valence-electron chi connectivity index (χ2n) is 10.2. The molecular formula is C33H19BrN4O3. The van der Waals surface area contributed by atoms with Crippen LogP contribution in [0.2, 0.25) is 0 Å². The molecule has 4 aromatic carbocycles. The number of para-hydroxylation sites is 1. The van der Waals surface area contributed by atoms with Gasteiger partial charge in [0.1, 0.15) is 11.2 Å². The van der Waals surface area contributed by atoms with E-state index >= 15 is 0 Å². The van der Waals surface area contributed by atoms with Crippen LogP contribution >= 0.6 is 15.9 Å². The topological polar surface area (TPSA) is 93.1 Å². The molecule has 2 aliphatic heterocycles.